The molecule has 2 aliphatic rings. The first-order valence-corrected chi connectivity index (χ1v) is 7.47. The van der Waals surface area contributed by atoms with Crippen molar-refractivity contribution in [2.45, 2.75) is 63.4 Å². The molecule has 0 amide bonds. The molecular weight excluding hydrogens is 242 g/mol. The number of aliphatic hydroxyl groups is 1. The molecule has 2 aliphatic carbocycles. The van der Waals surface area contributed by atoms with Crippen LogP contribution >= 0.6 is 0 Å². The van der Waals surface area contributed by atoms with Crippen LogP contribution in [0.1, 0.15) is 57.8 Å². The summed E-state index contributed by atoms with van der Waals surface area (Å²) in [5.41, 5.74) is 5.22. The molecule has 0 aromatic heterocycles. The fourth-order valence-electron chi connectivity index (χ4n) is 3.14. The van der Waals surface area contributed by atoms with Crippen molar-refractivity contribution in [2.24, 2.45) is 16.3 Å². The Balaban J connectivity index is 1.73. The lowest BCUT2D eigenvalue weighted by Gasteiger charge is -2.28. The molecule has 5 N–H and O–H groups in total. The Bertz CT molecular complexity index is 319. The Kier molecular flexibility index (Phi) is 4.68. The maximum atomic E-state index is 10.5. The minimum absolute atomic E-state index is 0.164. The molecule has 0 aliphatic heterocycles. The van der Waals surface area contributed by atoms with Crippen LogP contribution < -0.4 is 11.1 Å². The van der Waals surface area contributed by atoms with Gasteiger partial charge >= 0.3 is 0 Å². The molecule has 0 aromatic carbocycles. The molecule has 0 spiro atoms. The molecule has 2 fully saturated rings. The van der Waals surface area contributed by atoms with Crippen molar-refractivity contribution in [3.8, 4) is 0 Å². The maximum absolute atomic E-state index is 10.5. The molecule has 0 aromatic rings. The van der Waals surface area contributed by atoms with Crippen molar-refractivity contribution < 1.29 is 10.3 Å². The average Bonchev–Trinajstić information content (AvgIpc) is 3.15. The van der Waals surface area contributed by atoms with E-state index in [-0.39, 0.29) is 5.41 Å². The molecule has 110 valence electrons. The van der Waals surface area contributed by atoms with Crippen molar-refractivity contribution in [1.29, 1.82) is 0 Å². The molecule has 0 saturated heterocycles. The van der Waals surface area contributed by atoms with Gasteiger partial charge in [-0.3, -0.25) is 0 Å². The van der Waals surface area contributed by atoms with Crippen LogP contribution in [0.3, 0.4) is 0 Å². The Morgan fingerprint density at radius 1 is 1.05 bits per heavy atom. The van der Waals surface area contributed by atoms with E-state index in [4.69, 9.17) is 10.9 Å². The van der Waals surface area contributed by atoms with Gasteiger partial charge < -0.3 is 21.4 Å². The van der Waals surface area contributed by atoms with Crippen LogP contribution in [-0.4, -0.2) is 34.8 Å². The molecule has 0 heterocycles. The number of hydrogen-bond acceptors (Lipinski definition) is 4. The standard InChI is InChI=1S/C14H27N3O2/c15-12(17-19)9-13(7-8-13)10-16-11-14(18)5-3-1-2-4-6-14/h16,18-19H,1-11H2,(H2,15,17). The van der Waals surface area contributed by atoms with Gasteiger partial charge in [0.1, 0.15) is 5.84 Å². The molecule has 2 rings (SSSR count). The summed E-state index contributed by atoms with van der Waals surface area (Å²) in [6.45, 7) is 1.52. The van der Waals surface area contributed by atoms with E-state index in [2.05, 4.69) is 10.5 Å². The first-order valence-electron chi connectivity index (χ1n) is 7.47. The Hall–Kier alpha value is -0.810. The third kappa shape index (κ3) is 4.35. The number of nitrogens with one attached hydrogen (secondary N) is 1. The highest BCUT2D eigenvalue weighted by molar-refractivity contribution is 5.80. The normalized spacial score (nSPS) is 25.8. The Morgan fingerprint density at radius 3 is 2.21 bits per heavy atom. The second kappa shape index (κ2) is 6.09. The van der Waals surface area contributed by atoms with Crippen LogP contribution in [0, 0.1) is 5.41 Å². The Labute approximate surface area is 115 Å². The zero-order chi connectivity index (χ0) is 13.8. The van der Waals surface area contributed by atoms with Gasteiger partial charge in [0.05, 0.1) is 5.60 Å². The highest BCUT2D eigenvalue weighted by atomic mass is 16.4. The predicted molar refractivity (Wildman–Crippen MR) is 75.2 cm³/mol. The van der Waals surface area contributed by atoms with E-state index < -0.39 is 5.60 Å². The summed E-state index contributed by atoms with van der Waals surface area (Å²) < 4.78 is 0. The van der Waals surface area contributed by atoms with Crippen molar-refractivity contribution in [3.05, 3.63) is 0 Å². The van der Waals surface area contributed by atoms with Gasteiger partial charge in [0, 0.05) is 19.5 Å². The fraction of sp³-hybridized carbons (Fsp3) is 0.929. The zero-order valence-electron chi connectivity index (χ0n) is 11.7. The van der Waals surface area contributed by atoms with Crippen LogP contribution in [0.25, 0.3) is 0 Å². The lowest BCUT2D eigenvalue weighted by atomic mass is 9.94. The third-order valence-electron chi connectivity index (χ3n) is 4.63. The molecule has 0 bridgehead atoms. The number of rotatable bonds is 6. The molecule has 5 nitrogen and oxygen atoms in total. The monoisotopic (exact) mass is 269 g/mol. The van der Waals surface area contributed by atoms with E-state index >= 15 is 0 Å². The lowest BCUT2D eigenvalue weighted by molar-refractivity contribution is 0.0244. The van der Waals surface area contributed by atoms with Gasteiger partial charge in [0.2, 0.25) is 0 Å². The van der Waals surface area contributed by atoms with Gasteiger partial charge in [-0.1, -0.05) is 30.8 Å². The van der Waals surface area contributed by atoms with Gasteiger partial charge in [-0.2, -0.15) is 0 Å². The molecule has 19 heavy (non-hydrogen) atoms. The van der Waals surface area contributed by atoms with Gasteiger partial charge in [-0.05, 0) is 31.1 Å². The van der Waals surface area contributed by atoms with Gasteiger partial charge in [-0.15, -0.1) is 0 Å². The highest BCUT2D eigenvalue weighted by Crippen LogP contribution is 2.48. The molecule has 5 heteroatoms. The summed E-state index contributed by atoms with van der Waals surface area (Å²) in [5, 5.41) is 25.6. The molecule has 0 unspecified atom stereocenters. The number of hydrogen-bond donors (Lipinski definition) is 4. The lowest BCUT2D eigenvalue weighted by Crippen LogP contribution is -2.42. The van der Waals surface area contributed by atoms with Crippen molar-refractivity contribution in [2.75, 3.05) is 13.1 Å². The van der Waals surface area contributed by atoms with Crippen LogP contribution in [0.4, 0.5) is 0 Å². The third-order valence-corrected chi connectivity index (χ3v) is 4.63. The second-order valence-electron chi connectivity index (χ2n) is 6.51. The summed E-state index contributed by atoms with van der Waals surface area (Å²) in [5.74, 6) is 0.312. The number of amidine groups is 1. The van der Waals surface area contributed by atoms with E-state index in [0.29, 0.717) is 18.8 Å². The van der Waals surface area contributed by atoms with Crippen molar-refractivity contribution >= 4 is 5.84 Å². The smallest absolute Gasteiger partial charge is 0.139 e. The SMILES string of the molecule is NC(CC1(CNCC2(O)CCCCCC2)CC1)=NO. The van der Waals surface area contributed by atoms with Gasteiger partial charge in [-0.25, -0.2) is 0 Å². The quantitative estimate of drug-likeness (QED) is 0.194. The van der Waals surface area contributed by atoms with Gasteiger partial charge in [0.15, 0.2) is 0 Å². The summed E-state index contributed by atoms with van der Waals surface area (Å²) in [7, 11) is 0. The van der Waals surface area contributed by atoms with Crippen molar-refractivity contribution in [3.63, 3.8) is 0 Å². The number of nitrogens with two attached hydrogens (primary N) is 1. The van der Waals surface area contributed by atoms with E-state index in [1.807, 2.05) is 0 Å². The first kappa shape index (κ1) is 14.6. The second-order valence-corrected chi connectivity index (χ2v) is 6.51. The van der Waals surface area contributed by atoms with E-state index in [1.54, 1.807) is 0 Å². The summed E-state index contributed by atoms with van der Waals surface area (Å²) in [4.78, 5) is 0. The topological polar surface area (TPSA) is 90.9 Å². The van der Waals surface area contributed by atoms with Crippen LogP contribution in [-0.2, 0) is 0 Å². The minimum Gasteiger partial charge on any atom is -0.409 e. The molecule has 0 radical (unpaired) electrons. The maximum Gasteiger partial charge on any atom is 0.139 e. The summed E-state index contributed by atoms with van der Waals surface area (Å²) in [6, 6.07) is 0. The first-order chi connectivity index (χ1) is 9.08. The largest absolute Gasteiger partial charge is 0.409 e. The summed E-state index contributed by atoms with van der Waals surface area (Å²) in [6.07, 6.45) is 9.46. The van der Waals surface area contributed by atoms with Crippen LogP contribution in [0.2, 0.25) is 0 Å². The summed E-state index contributed by atoms with van der Waals surface area (Å²) >= 11 is 0. The van der Waals surface area contributed by atoms with Crippen LogP contribution in [0.5, 0.6) is 0 Å². The minimum atomic E-state index is -0.525. The zero-order valence-corrected chi connectivity index (χ0v) is 11.7. The molecular formula is C14H27N3O2. The van der Waals surface area contributed by atoms with Crippen LogP contribution in [0.15, 0.2) is 5.16 Å². The fourth-order valence-corrected chi connectivity index (χ4v) is 3.14. The Morgan fingerprint density at radius 2 is 1.68 bits per heavy atom. The number of nitrogens with zero attached hydrogens (tertiary/aromatic N) is 1. The van der Waals surface area contributed by atoms with Gasteiger partial charge in [0.25, 0.3) is 0 Å². The average molecular weight is 269 g/mol. The highest BCUT2D eigenvalue weighted by Gasteiger charge is 2.43. The molecule has 2 saturated carbocycles. The van der Waals surface area contributed by atoms with Crippen molar-refractivity contribution in [1.82, 2.24) is 5.32 Å². The molecule has 0 atom stereocenters. The van der Waals surface area contributed by atoms with E-state index in [0.717, 1.165) is 45.1 Å². The number of oxime groups is 1. The van der Waals surface area contributed by atoms with E-state index in [9.17, 15) is 5.11 Å². The van der Waals surface area contributed by atoms with E-state index in [1.165, 1.54) is 12.8 Å². The predicted octanol–water partition coefficient (Wildman–Crippen LogP) is 1.58.